The number of benzene rings is 1. The molecule has 0 aromatic heterocycles. The number of nitrogens with one attached hydrogen (secondary N) is 1. The Morgan fingerprint density at radius 1 is 1.21 bits per heavy atom. The fourth-order valence-electron chi connectivity index (χ4n) is 1.65. The molecule has 0 aliphatic carbocycles. The van der Waals surface area contributed by atoms with E-state index in [1.807, 2.05) is 47.6 Å². The zero-order valence-corrected chi connectivity index (χ0v) is 13.4. The van der Waals surface area contributed by atoms with Gasteiger partial charge in [-0.3, -0.25) is 0 Å². The molecule has 1 aromatic carbocycles. The number of rotatable bonds is 4. The molecule has 0 spiro atoms. The lowest BCUT2D eigenvalue weighted by atomic mass is 9.99. The van der Waals surface area contributed by atoms with Crippen molar-refractivity contribution >= 4 is 11.0 Å². The van der Waals surface area contributed by atoms with Gasteiger partial charge < -0.3 is 0 Å². The van der Waals surface area contributed by atoms with Gasteiger partial charge in [0, 0.05) is 11.6 Å². The molecule has 1 rings (SSSR count). The molecule has 0 saturated carbocycles. The zero-order chi connectivity index (χ0) is 14.8. The Kier molecular flexibility index (Phi) is 5.27. The molecule has 0 aliphatic rings. The van der Waals surface area contributed by atoms with E-state index in [1.54, 1.807) is 12.1 Å². The minimum absolute atomic E-state index is 0.239. The van der Waals surface area contributed by atoms with Gasteiger partial charge in [0.2, 0.25) is 0 Å². The van der Waals surface area contributed by atoms with Gasteiger partial charge in [0.15, 0.2) is 0 Å². The lowest BCUT2D eigenvalue weighted by Gasteiger charge is -2.22. The van der Waals surface area contributed by atoms with Crippen LogP contribution >= 0.6 is 0 Å². The van der Waals surface area contributed by atoms with Gasteiger partial charge in [-0.25, -0.2) is 13.3 Å². The summed E-state index contributed by atoms with van der Waals surface area (Å²) < 4.78 is 28.7. The standard InChI is InChI=1S/C15H24FNOS/c1-10(2)12-7-8-13(14(16)9-12)11(3)17-19(18)15(4,5)6/h7-11,17H,1-6H3. The largest absolute Gasteiger partial charge is 0.242 e. The Labute approximate surface area is 118 Å². The van der Waals surface area contributed by atoms with Crippen molar-refractivity contribution in [2.45, 2.75) is 58.2 Å². The van der Waals surface area contributed by atoms with E-state index in [2.05, 4.69) is 4.72 Å². The predicted octanol–water partition coefficient (Wildman–Crippen LogP) is 4.06. The third-order valence-corrected chi connectivity index (χ3v) is 4.68. The van der Waals surface area contributed by atoms with E-state index in [-0.39, 0.29) is 16.6 Å². The summed E-state index contributed by atoms with van der Waals surface area (Å²) in [5.41, 5.74) is 1.53. The number of halogens is 1. The van der Waals surface area contributed by atoms with E-state index in [4.69, 9.17) is 0 Å². The number of hydrogen-bond donors (Lipinski definition) is 1. The van der Waals surface area contributed by atoms with Crippen molar-refractivity contribution < 1.29 is 8.60 Å². The molecule has 108 valence electrons. The summed E-state index contributed by atoms with van der Waals surface area (Å²) >= 11 is 0. The molecule has 2 atom stereocenters. The minimum Gasteiger partial charge on any atom is -0.242 e. The van der Waals surface area contributed by atoms with E-state index in [0.29, 0.717) is 11.5 Å². The molecule has 1 aromatic rings. The second-order valence-electron chi connectivity index (χ2n) is 6.16. The maximum atomic E-state index is 14.1. The van der Waals surface area contributed by atoms with Crippen molar-refractivity contribution in [3.05, 3.63) is 35.1 Å². The van der Waals surface area contributed by atoms with Crippen LogP contribution < -0.4 is 4.72 Å². The summed E-state index contributed by atoms with van der Waals surface area (Å²) in [5.74, 6) is 0.0626. The molecule has 0 heterocycles. The smallest absolute Gasteiger partial charge is 0.128 e. The summed E-state index contributed by atoms with van der Waals surface area (Å²) in [4.78, 5) is 0. The fourth-order valence-corrected chi connectivity index (χ4v) is 2.46. The average molecular weight is 285 g/mol. The maximum absolute atomic E-state index is 14.1. The van der Waals surface area contributed by atoms with Gasteiger partial charge in [0.25, 0.3) is 0 Å². The molecule has 0 saturated heterocycles. The normalized spacial score (nSPS) is 15.6. The first-order chi connectivity index (χ1) is 8.62. The van der Waals surface area contributed by atoms with Crippen LogP contribution in [-0.4, -0.2) is 8.96 Å². The SMILES string of the molecule is CC(C)c1ccc(C(C)NS(=O)C(C)(C)C)c(F)c1. The van der Waals surface area contributed by atoms with Gasteiger partial charge in [-0.15, -0.1) is 0 Å². The van der Waals surface area contributed by atoms with Crippen LogP contribution in [0.1, 0.15) is 64.6 Å². The molecule has 2 unspecified atom stereocenters. The highest BCUT2D eigenvalue weighted by Gasteiger charge is 2.22. The average Bonchev–Trinajstić information content (AvgIpc) is 2.26. The molecule has 19 heavy (non-hydrogen) atoms. The molecule has 0 fully saturated rings. The minimum atomic E-state index is -1.21. The van der Waals surface area contributed by atoms with Gasteiger partial charge in [-0.2, -0.15) is 0 Å². The zero-order valence-electron chi connectivity index (χ0n) is 12.6. The van der Waals surface area contributed by atoms with Gasteiger partial charge in [-0.05, 0) is 45.2 Å². The summed E-state index contributed by atoms with van der Waals surface area (Å²) in [6, 6.07) is 5.00. The van der Waals surface area contributed by atoms with E-state index >= 15 is 0 Å². The third-order valence-electron chi connectivity index (χ3n) is 3.00. The monoisotopic (exact) mass is 285 g/mol. The first-order valence-electron chi connectivity index (χ1n) is 6.60. The first-order valence-corrected chi connectivity index (χ1v) is 7.75. The van der Waals surface area contributed by atoms with Crippen LogP contribution in [0.3, 0.4) is 0 Å². The Balaban J connectivity index is 2.89. The van der Waals surface area contributed by atoms with Crippen LogP contribution in [-0.2, 0) is 11.0 Å². The highest BCUT2D eigenvalue weighted by atomic mass is 32.2. The number of hydrogen-bond acceptors (Lipinski definition) is 1. The van der Waals surface area contributed by atoms with E-state index in [0.717, 1.165) is 5.56 Å². The van der Waals surface area contributed by atoms with Crippen LogP contribution in [0.2, 0.25) is 0 Å². The van der Waals surface area contributed by atoms with Crippen molar-refractivity contribution in [1.29, 1.82) is 0 Å². The van der Waals surface area contributed by atoms with Crippen molar-refractivity contribution in [3.63, 3.8) is 0 Å². The second kappa shape index (κ2) is 6.14. The molecule has 0 amide bonds. The third kappa shape index (κ3) is 4.39. The van der Waals surface area contributed by atoms with Crippen molar-refractivity contribution in [3.8, 4) is 0 Å². The highest BCUT2D eigenvalue weighted by Crippen LogP contribution is 2.23. The van der Waals surface area contributed by atoms with Crippen LogP contribution in [0.5, 0.6) is 0 Å². The fraction of sp³-hybridized carbons (Fsp3) is 0.600. The van der Waals surface area contributed by atoms with Gasteiger partial charge in [-0.1, -0.05) is 26.0 Å². The van der Waals surface area contributed by atoms with Crippen molar-refractivity contribution in [2.24, 2.45) is 0 Å². The van der Waals surface area contributed by atoms with Crippen molar-refractivity contribution in [1.82, 2.24) is 4.72 Å². The first kappa shape index (κ1) is 16.3. The lowest BCUT2D eigenvalue weighted by Crippen LogP contribution is -2.35. The molecule has 2 nitrogen and oxygen atoms in total. The Hall–Kier alpha value is -0.740. The van der Waals surface area contributed by atoms with Crippen LogP contribution in [0.15, 0.2) is 18.2 Å². The Morgan fingerprint density at radius 3 is 2.21 bits per heavy atom. The van der Waals surface area contributed by atoms with Crippen LogP contribution in [0.4, 0.5) is 4.39 Å². The van der Waals surface area contributed by atoms with Crippen LogP contribution in [0, 0.1) is 5.82 Å². The van der Waals surface area contributed by atoms with E-state index < -0.39 is 11.0 Å². The van der Waals surface area contributed by atoms with Gasteiger partial charge in [0.05, 0.1) is 15.7 Å². The summed E-state index contributed by atoms with van der Waals surface area (Å²) in [6.07, 6.45) is 0. The quantitative estimate of drug-likeness (QED) is 0.888. The van der Waals surface area contributed by atoms with Gasteiger partial charge in [0.1, 0.15) is 5.82 Å². The molecule has 0 radical (unpaired) electrons. The molecule has 1 N–H and O–H groups in total. The predicted molar refractivity (Wildman–Crippen MR) is 79.9 cm³/mol. The Morgan fingerprint density at radius 2 is 1.79 bits per heavy atom. The van der Waals surface area contributed by atoms with Crippen LogP contribution in [0.25, 0.3) is 0 Å². The summed E-state index contributed by atoms with van der Waals surface area (Å²) in [5, 5.41) is 0. The highest BCUT2D eigenvalue weighted by molar-refractivity contribution is 7.84. The summed E-state index contributed by atoms with van der Waals surface area (Å²) in [7, 11) is -1.21. The molecular weight excluding hydrogens is 261 g/mol. The lowest BCUT2D eigenvalue weighted by molar-refractivity contribution is 0.569. The molecule has 0 bridgehead atoms. The Bertz CT molecular complexity index is 466. The van der Waals surface area contributed by atoms with Gasteiger partial charge >= 0.3 is 0 Å². The maximum Gasteiger partial charge on any atom is 0.128 e. The molecule has 4 heteroatoms. The summed E-state index contributed by atoms with van der Waals surface area (Å²) in [6.45, 7) is 11.6. The second-order valence-corrected chi connectivity index (χ2v) is 8.15. The van der Waals surface area contributed by atoms with Crippen molar-refractivity contribution in [2.75, 3.05) is 0 Å². The topological polar surface area (TPSA) is 29.1 Å². The van der Waals surface area contributed by atoms with E-state index in [1.165, 1.54) is 0 Å². The molecule has 0 aliphatic heterocycles. The van der Waals surface area contributed by atoms with E-state index in [9.17, 15) is 8.60 Å². The molecular formula is C15H24FNOS.